The first kappa shape index (κ1) is 16.1. The fraction of sp³-hybridized carbons (Fsp3) is 0.625. The molecule has 3 heteroatoms. The Morgan fingerprint density at radius 2 is 1.79 bits per heavy atom. The van der Waals surface area contributed by atoms with E-state index in [9.17, 15) is 4.39 Å². The number of nitrogens with one attached hydrogen (secondary N) is 1. The van der Waals surface area contributed by atoms with Crippen molar-refractivity contribution in [2.24, 2.45) is 11.1 Å². The van der Waals surface area contributed by atoms with Crippen LogP contribution >= 0.6 is 0 Å². The first-order valence-electron chi connectivity index (χ1n) is 6.85. The topological polar surface area (TPSA) is 38.0 Å². The van der Waals surface area contributed by atoms with E-state index in [4.69, 9.17) is 5.73 Å². The summed E-state index contributed by atoms with van der Waals surface area (Å²) < 4.78 is 13.3. The zero-order valence-corrected chi connectivity index (χ0v) is 12.8. The van der Waals surface area contributed by atoms with Crippen LogP contribution < -0.4 is 11.1 Å². The number of nitrogens with two attached hydrogens (primary N) is 1. The summed E-state index contributed by atoms with van der Waals surface area (Å²) in [5.41, 5.74) is 7.66. The SMILES string of the molecule is Cc1cc(C(C)(C)CNCC(C)(C)CN)ccc1F. The Kier molecular flexibility index (Phi) is 5.11. The van der Waals surface area contributed by atoms with Gasteiger partial charge in [-0.1, -0.05) is 39.8 Å². The third-order valence-electron chi connectivity index (χ3n) is 3.66. The summed E-state index contributed by atoms with van der Waals surface area (Å²) in [5, 5.41) is 3.48. The molecule has 0 aromatic heterocycles. The number of halogens is 1. The molecule has 0 atom stereocenters. The van der Waals surface area contributed by atoms with E-state index in [2.05, 4.69) is 33.0 Å². The summed E-state index contributed by atoms with van der Waals surface area (Å²) in [6, 6.07) is 5.36. The second-order valence-electron chi connectivity index (χ2n) is 6.82. The van der Waals surface area contributed by atoms with Crippen LogP contribution in [-0.4, -0.2) is 19.6 Å². The van der Waals surface area contributed by atoms with Crippen molar-refractivity contribution in [1.82, 2.24) is 5.32 Å². The molecule has 0 saturated heterocycles. The molecule has 2 nitrogen and oxygen atoms in total. The smallest absolute Gasteiger partial charge is 0.126 e. The van der Waals surface area contributed by atoms with Gasteiger partial charge in [0.2, 0.25) is 0 Å². The fourth-order valence-electron chi connectivity index (χ4n) is 1.95. The van der Waals surface area contributed by atoms with Crippen molar-refractivity contribution < 1.29 is 4.39 Å². The lowest BCUT2D eigenvalue weighted by Crippen LogP contribution is -2.41. The van der Waals surface area contributed by atoms with Gasteiger partial charge in [-0.05, 0) is 36.1 Å². The zero-order chi connectivity index (χ0) is 14.7. The molecule has 0 aliphatic carbocycles. The van der Waals surface area contributed by atoms with Gasteiger partial charge in [-0.3, -0.25) is 0 Å². The van der Waals surface area contributed by atoms with Crippen LogP contribution in [0.5, 0.6) is 0 Å². The van der Waals surface area contributed by atoms with Crippen LogP contribution in [0, 0.1) is 18.2 Å². The normalized spacial score (nSPS) is 12.8. The predicted molar refractivity (Wildman–Crippen MR) is 79.9 cm³/mol. The third kappa shape index (κ3) is 4.59. The van der Waals surface area contributed by atoms with Gasteiger partial charge in [0.1, 0.15) is 5.82 Å². The van der Waals surface area contributed by atoms with Crippen LogP contribution in [0.25, 0.3) is 0 Å². The van der Waals surface area contributed by atoms with Crippen LogP contribution in [0.4, 0.5) is 4.39 Å². The van der Waals surface area contributed by atoms with Gasteiger partial charge in [-0.25, -0.2) is 4.39 Å². The van der Waals surface area contributed by atoms with Crippen LogP contribution in [-0.2, 0) is 5.41 Å². The Morgan fingerprint density at radius 3 is 2.32 bits per heavy atom. The van der Waals surface area contributed by atoms with Gasteiger partial charge < -0.3 is 11.1 Å². The molecule has 1 aromatic carbocycles. The molecule has 19 heavy (non-hydrogen) atoms. The van der Waals surface area contributed by atoms with Crippen LogP contribution in [0.2, 0.25) is 0 Å². The van der Waals surface area contributed by atoms with E-state index >= 15 is 0 Å². The third-order valence-corrected chi connectivity index (χ3v) is 3.66. The fourth-order valence-corrected chi connectivity index (χ4v) is 1.95. The molecule has 0 amide bonds. The van der Waals surface area contributed by atoms with Crippen LogP contribution in [0.3, 0.4) is 0 Å². The second kappa shape index (κ2) is 6.02. The van der Waals surface area contributed by atoms with Crippen molar-refractivity contribution in [2.45, 2.75) is 40.0 Å². The largest absolute Gasteiger partial charge is 0.330 e. The van der Waals surface area contributed by atoms with Crippen molar-refractivity contribution in [3.8, 4) is 0 Å². The molecule has 0 radical (unpaired) electrons. The van der Waals surface area contributed by atoms with E-state index in [1.54, 1.807) is 13.0 Å². The molecular formula is C16H27FN2. The molecule has 0 fully saturated rings. The monoisotopic (exact) mass is 266 g/mol. The summed E-state index contributed by atoms with van der Waals surface area (Å²) in [4.78, 5) is 0. The van der Waals surface area contributed by atoms with Gasteiger partial charge in [-0.2, -0.15) is 0 Å². The van der Waals surface area contributed by atoms with Gasteiger partial charge in [0.05, 0.1) is 0 Å². The lowest BCUT2D eigenvalue weighted by Gasteiger charge is -2.29. The maximum Gasteiger partial charge on any atom is 0.126 e. The summed E-state index contributed by atoms with van der Waals surface area (Å²) in [5.74, 6) is -0.142. The quantitative estimate of drug-likeness (QED) is 0.830. The highest BCUT2D eigenvalue weighted by molar-refractivity contribution is 5.29. The summed E-state index contributed by atoms with van der Waals surface area (Å²) in [6.45, 7) is 12.8. The Labute approximate surface area is 116 Å². The Balaban J connectivity index is 2.67. The van der Waals surface area contributed by atoms with Gasteiger partial charge >= 0.3 is 0 Å². The van der Waals surface area contributed by atoms with E-state index < -0.39 is 0 Å². The van der Waals surface area contributed by atoms with Gasteiger partial charge in [0.15, 0.2) is 0 Å². The minimum Gasteiger partial charge on any atom is -0.330 e. The zero-order valence-electron chi connectivity index (χ0n) is 12.8. The van der Waals surface area contributed by atoms with Crippen molar-refractivity contribution >= 4 is 0 Å². The van der Waals surface area contributed by atoms with Crippen molar-refractivity contribution in [1.29, 1.82) is 0 Å². The molecular weight excluding hydrogens is 239 g/mol. The first-order valence-corrected chi connectivity index (χ1v) is 6.85. The van der Waals surface area contributed by atoms with Crippen molar-refractivity contribution in [2.75, 3.05) is 19.6 Å². The number of hydrogen-bond acceptors (Lipinski definition) is 2. The summed E-state index contributed by atoms with van der Waals surface area (Å²) in [7, 11) is 0. The standard InChI is InChI=1S/C16H27FN2/c1-12-8-13(6-7-14(12)17)16(4,5)11-19-10-15(2,3)9-18/h6-8,19H,9-11,18H2,1-5H3. The van der Waals surface area contributed by atoms with E-state index in [1.807, 2.05) is 12.1 Å². The Morgan fingerprint density at radius 1 is 1.16 bits per heavy atom. The number of rotatable bonds is 6. The van der Waals surface area contributed by atoms with E-state index in [-0.39, 0.29) is 16.6 Å². The first-order chi connectivity index (χ1) is 8.68. The van der Waals surface area contributed by atoms with Crippen molar-refractivity contribution in [3.05, 3.63) is 35.1 Å². The maximum atomic E-state index is 13.3. The molecule has 1 aromatic rings. The lowest BCUT2D eigenvalue weighted by atomic mass is 9.83. The number of benzene rings is 1. The average Bonchev–Trinajstić information content (AvgIpc) is 2.32. The average molecular weight is 266 g/mol. The molecule has 0 aliphatic rings. The molecule has 0 heterocycles. The van der Waals surface area contributed by atoms with Crippen LogP contribution in [0.15, 0.2) is 18.2 Å². The molecule has 0 aliphatic heterocycles. The van der Waals surface area contributed by atoms with Gasteiger partial charge in [0, 0.05) is 18.5 Å². The molecule has 0 saturated carbocycles. The Bertz CT molecular complexity index is 425. The molecule has 0 unspecified atom stereocenters. The lowest BCUT2D eigenvalue weighted by molar-refractivity contribution is 0.332. The van der Waals surface area contributed by atoms with Crippen molar-refractivity contribution in [3.63, 3.8) is 0 Å². The minimum atomic E-state index is -0.142. The molecule has 0 bridgehead atoms. The van der Waals surface area contributed by atoms with E-state index in [1.165, 1.54) is 0 Å². The minimum absolute atomic E-state index is 0.0247. The molecule has 0 spiro atoms. The predicted octanol–water partition coefficient (Wildman–Crippen LogP) is 2.99. The van der Waals surface area contributed by atoms with Crippen LogP contribution in [0.1, 0.15) is 38.8 Å². The second-order valence-corrected chi connectivity index (χ2v) is 6.82. The molecule has 108 valence electrons. The highest BCUT2D eigenvalue weighted by atomic mass is 19.1. The number of hydrogen-bond donors (Lipinski definition) is 2. The number of aryl methyl sites for hydroxylation is 1. The highest BCUT2D eigenvalue weighted by Crippen LogP contribution is 2.24. The Hall–Kier alpha value is -0.930. The van der Waals surface area contributed by atoms with E-state index in [0.717, 1.165) is 18.7 Å². The molecule has 3 N–H and O–H groups in total. The summed E-state index contributed by atoms with van der Waals surface area (Å²) >= 11 is 0. The summed E-state index contributed by atoms with van der Waals surface area (Å²) in [6.07, 6.45) is 0. The van der Waals surface area contributed by atoms with Gasteiger partial charge in [0.25, 0.3) is 0 Å². The maximum absolute atomic E-state index is 13.3. The van der Waals surface area contributed by atoms with E-state index in [0.29, 0.717) is 12.1 Å². The molecule has 1 rings (SSSR count). The van der Waals surface area contributed by atoms with Gasteiger partial charge in [-0.15, -0.1) is 0 Å². The highest BCUT2D eigenvalue weighted by Gasteiger charge is 2.22.